The van der Waals surface area contributed by atoms with E-state index in [-0.39, 0.29) is 5.91 Å². The minimum Gasteiger partial charge on any atom is -0.491 e. The molecule has 1 N–H and O–H groups in total. The van der Waals surface area contributed by atoms with E-state index in [1.807, 2.05) is 42.5 Å². The summed E-state index contributed by atoms with van der Waals surface area (Å²) in [7, 11) is 0. The number of nitrogens with one attached hydrogen (secondary N) is 1. The normalized spacial score (nSPS) is 15.0. The summed E-state index contributed by atoms with van der Waals surface area (Å²) in [5, 5.41) is 3.68. The molecule has 3 aromatic carbocycles. The number of carbonyl (C=O) groups excluding carboxylic acids is 1. The summed E-state index contributed by atoms with van der Waals surface area (Å²) in [5.41, 5.74) is 5.08. The molecule has 6 heteroatoms. The first-order valence-electron chi connectivity index (χ1n) is 12.6. The predicted molar refractivity (Wildman–Crippen MR) is 145 cm³/mol. The van der Waals surface area contributed by atoms with Crippen molar-refractivity contribution in [1.82, 2.24) is 10.2 Å². The lowest BCUT2D eigenvalue weighted by atomic mass is 9.99. The molecule has 0 atom stereocenters. The summed E-state index contributed by atoms with van der Waals surface area (Å²) >= 11 is 5.96. The van der Waals surface area contributed by atoms with Crippen LogP contribution in [0.3, 0.4) is 0 Å². The number of ether oxygens (including phenoxy) is 2. The zero-order valence-corrected chi connectivity index (χ0v) is 21.9. The number of hydrogen-bond acceptors (Lipinski definition) is 4. The van der Waals surface area contributed by atoms with Gasteiger partial charge in [0.15, 0.2) is 0 Å². The van der Waals surface area contributed by atoms with Crippen LogP contribution in [0.5, 0.6) is 5.75 Å². The van der Waals surface area contributed by atoms with Crippen molar-refractivity contribution in [3.05, 3.63) is 99.6 Å². The fourth-order valence-corrected chi connectivity index (χ4v) is 4.59. The van der Waals surface area contributed by atoms with Crippen LogP contribution in [0.25, 0.3) is 0 Å². The van der Waals surface area contributed by atoms with Crippen LogP contribution in [0.4, 0.5) is 0 Å². The molecule has 190 valence electrons. The van der Waals surface area contributed by atoms with Crippen molar-refractivity contribution < 1.29 is 14.3 Å². The van der Waals surface area contributed by atoms with E-state index in [4.69, 9.17) is 21.1 Å². The first kappa shape index (κ1) is 26.2. The van der Waals surface area contributed by atoms with Gasteiger partial charge in [-0.05, 0) is 58.5 Å². The molecule has 1 aliphatic rings. The third-order valence-corrected chi connectivity index (χ3v) is 6.39. The summed E-state index contributed by atoms with van der Waals surface area (Å²) in [6.07, 6.45) is 0.687. The second kappa shape index (κ2) is 12.9. The Kier molecular flexibility index (Phi) is 9.40. The highest BCUT2D eigenvalue weighted by molar-refractivity contribution is 6.30. The Hall–Kier alpha value is -2.86. The molecular weight excluding hydrogens is 472 g/mol. The van der Waals surface area contributed by atoms with Crippen molar-refractivity contribution >= 4 is 17.5 Å². The number of halogens is 1. The Bertz CT molecular complexity index is 1150. The van der Waals surface area contributed by atoms with Crippen LogP contribution in [0, 0.1) is 5.92 Å². The lowest BCUT2D eigenvalue weighted by molar-refractivity contribution is 0.0746. The van der Waals surface area contributed by atoms with E-state index in [1.165, 1.54) is 11.1 Å². The van der Waals surface area contributed by atoms with Gasteiger partial charge in [-0.15, -0.1) is 0 Å². The maximum Gasteiger partial charge on any atom is 0.251 e. The van der Waals surface area contributed by atoms with E-state index in [0.29, 0.717) is 49.3 Å². The summed E-state index contributed by atoms with van der Waals surface area (Å²) in [6, 6.07) is 21.8. The van der Waals surface area contributed by atoms with Gasteiger partial charge in [-0.25, -0.2) is 0 Å². The van der Waals surface area contributed by atoms with Crippen molar-refractivity contribution in [2.24, 2.45) is 5.92 Å². The monoisotopic (exact) mass is 506 g/mol. The number of rotatable bonds is 5. The molecule has 0 fully saturated rings. The third-order valence-electron chi connectivity index (χ3n) is 6.14. The van der Waals surface area contributed by atoms with Gasteiger partial charge in [0.25, 0.3) is 5.91 Å². The Balaban J connectivity index is 1.53. The summed E-state index contributed by atoms with van der Waals surface area (Å²) in [5.74, 6) is 1.26. The van der Waals surface area contributed by atoms with E-state index >= 15 is 0 Å². The average molecular weight is 507 g/mol. The highest BCUT2D eigenvalue weighted by Gasteiger charge is 2.14. The number of nitrogens with zero attached hydrogens (tertiary/aromatic N) is 1. The number of fused-ring (bicyclic) bond motifs is 3. The van der Waals surface area contributed by atoms with Gasteiger partial charge in [-0.3, -0.25) is 9.69 Å². The topological polar surface area (TPSA) is 50.8 Å². The fraction of sp³-hybridized carbons (Fsp3) is 0.367. The number of benzene rings is 3. The molecule has 0 saturated heterocycles. The van der Waals surface area contributed by atoms with Gasteiger partial charge in [-0.1, -0.05) is 61.8 Å². The van der Waals surface area contributed by atoms with Gasteiger partial charge in [0.2, 0.25) is 0 Å². The third kappa shape index (κ3) is 7.82. The molecule has 5 nitrogen and oxygen atoms in total. The van der Waals surface area contributed by atoms with E-state index < -0.39 is 0 Å². The molecule has 0 aromatic heterocycles. The molecule has 0 radical (unpaired) electrons. The van der Waals surface area contributed by atoms with Gasteiger partial charge < -0.3 is 14.8 Å². The first-order valence-corrected chi connectivity index (χ1v) is 13.0. The van der Waals surface area contributed by atoms with E-state index in [0.717, 1.165) is 36.5 Å². The summed E-state index contributed by atoms with van der Waals surface area (Å²) < 4.78 is 12.0. The van der Waals surface area contributed by atoms with Gasteiger partial charge in [0, 0.05) is 43.2 Å². The maximum atomic E-state index is 12.9. The summed E-state index contributed by atoms with van der Waals surface area (Å²) in [6.45, 7) is 9.43. The molecule has 4 rings (SSSR count). The van der Waals surface area contributed by atoms with E-state index in [1.54, 1.807) is 0 Å². The van der Waals surface area contributed by atoms with Crippen LogP contribution in [-0.2, 0) is 24.2 Å². The van der Waals surface area contributed by atoms with Crippen LogP contribution < -0.4 is 10.1 Å². The smallest absolute Gasteiger partial charge is 0.251 e. The lowest BCUT2D eigenvalue weighted by Gasteiger charge is -2.25. The molecule has 0 unspecified atom stereocenters. The highest BCUT2D eigenvalue weighted by Crippen LogP contribution is 2.25. The Labute approximate surface area is 219 Å². The number of hydrogen-bond donors (Lipinski definition) is 1. The highest BCUT2D eigenvalue weighted by atomic mass is 35.5. The molecule has 0 aliphatic carbocycles. The number of carbonyl (C=O) groups is 1. The van der Waals surface area contributed by atoms with E-state index in [9.17, 15) is 4.79 Å². The molecule has 0 spiro atoms. The van der Waals surface area contributed by atoms with Crippen LogP contribution in [0.2, 0.25) is 5.02 Å². The van der Waals surface area contributed by atoms with Crippen molar-refractivity contribution in [3.8, 4) is 5.75 Å². The zero-order chi connectivity index (χ0) is 25.3. The standard InChI is InChI=1S/C30H35ClN2O3/c1-22(2)20-33-12-13-35-14-15-36-29-11-8-26(30(34)32-19-23-6-9-28(31)10-7-23)18-27(29)17-24-4-3-5-25(16-24)21-33/h3-11,16,18,22H,12-15,17,19-21H2,1-2H3,(H,32,34). The second-order valence-electron chi connectivity index (χ2n) is 9.72. The summed E-state index contributed by atoms with van der Waals surface area (Å²) in [4.78, 5) is 15.4. The lowest BCUT2D eigenvalue weighted by Crippen LogP contribution is -2.31. The molecule has 36 heavy (non-hydrogen) atoms. The van der Waals surface area contributed by atoms with Crippen LogP contribution in [0.1, 0.15) is 46.5 Å². The largest absolute Gasteiger partial charge is 0.491 e. The SMILES string of the molecule is CC(C)CN1CCOCCOc2ccc(C(=O)NCc3ccc(Cl)cc3)cc2Cc2cccc(c2)C1. The molecule has 2 bridgehead atoms. The molecule has 1 amide bonds. The van der Waals surface area contributed by atoms with Crippen LogP contribution in [-0.4, -0.2) is 43.7 Å². The molecular formula is C30H35ClN2O3. The van der Waals surface area contributed by atoms with Gasteiger partial charge >= 0.3 is 0 Å². The predicted octanol–water partition coefficient (Wildman–Crippen LogP) is 5.73. The fourth-order valence-electron chi connectivity index (χ4n) is 4.46. The Morgan fingerprint density at radius 3 is 2.61 bits per heavy atom. The minimum absolute atomic E-state index is 0.117. The molecule has 0 saturated carbocycles. The average Bonchev–Trinajstić information content (AvgIpc) is 2.85. The zero-order valence-electron chi connectivity index (χ0n) is 21.1. The van der Waals surface area contributed by atoms with Gasteiger partial charge in [0.05, 0.1) is 13.2 Å². The first-order chi connectivity index (χ1) is 17.5. The van der Waals surface area contributed by atoms with Crippen molar-refractivity contribution in [2.75, 3.05) is 32.9 Å². The maximum absolute atomic E-state index is 12.9. The number of amides is 1. The Morgan fingerprint density at radius 1 is 1.00 bits per heavy atom. The van der Waals surface area contributed by atoms with Crippen molar-refractivity contribution in [1.29, 1.82) is 0 Å². The Morgan fingerprint density at radius 2 is 1.81 bits per heavy atom. The van der Waals surface area contributed by atoms with Crippen molar-refractivity contribution in [2.45, 2.75) is 33.4 Å². The second-order valence-corrected chi connectivity index (χ2v) is 10.2. The van der Waals surface area contributed by atoms with Crippen LogP contribution in [0.15, 0.2) is 66.7 Å². The quantitative estimate of drug-likeness (QED) is 0.480. The molecule has 1 aliphatic heterocycles. The van der Waals surface area contributed by atoms with Gasteiger partial charge in [-0.2, -0.15) is 0 Å². The molecule has 3 aromatic rings. The van der Waals surface area contributed by atoms with Gasteiger partial charge in [0.1, 0.15) is 12.4 Å². The van der Waals surface area contributed by atoms with E-state index in [2.05, 4.69) is 48.3 Å². The minimum atomic E-state index is -0.117. The molecule has 1 heterocycles. The van der Waals surface area contributed by atoms with Crippen molar-refractivity contribution in [3.63, 3.8) is 0 Å². The van der Waals surface area contributed by atoms with Crippen LogP contribution >= 0.6 is 11.6 Å².